The van der Waals surface area contributed by atoms with Gasteiger partial charge in [-0.3, -0.25) is 4.90 Å². The molecular weight excluding hydrogens is 192 g/mol. The Kier molecular flexibility index (Phi) is 3.23. The lowest BCUT2D eigenvalue weighted by molar-refractivity contribution is 0.0289. The van der Waals surface area contributed by atoms with Crippen molar-refractivity contribution in [2.45, 2.75) is 39.3 Å². The number of amides is 1. The van der Waals surface area contributed by atoms with E-state index in [2.05, 4.69) is 4.85 Å². The molecular formula is C11H18N2O2. The van der Waals surface area contributed by atoms with Crippen molar-refractivity contribution in [3.8, 4) is 0 Å². The maximum Gasteiger partial charge on any atom is 0.410 e. The molecule has 2 atom stereocenters. The first-order valence-corrected chi connectivity index (χ1v) is 5.18. The molecule has 0 N–H and O–H groups in total. The summed E-state index contributed by atoms with van der Waals surface area (Å²) < 4.78 is 5.25. The SMILES string of the molecule is [C-]#[N+]C1CN(C(=O)OC(C)(C)C)CC1C. The molecule has 0 aromatic heterocycles. The van der Waals surface area contributed by atoms with Gasteiger partial charge in [0.1, 0.15) is 5.60 Å². The van der Waals surface area contributed by atoms with E-state index in [4.69, 9.17) is 11.3 Å². The summed E-state index contributed by atoms with van der Waals surface area (Å²) in [6.45, 7) is 15.6. The van der Waals surface area contributed by atoms with Crippen molar-refractivity contribution < 1.29 is 9.53 Å². The fourth-order valence-electron chi connectivity index (χ4n) is 1.59. The summed E-state index contributed by atoms with van der Waals surface area (Å²) >= 11 is 0. The molecule has 2 unspecified atom stereocenters. The van der Waals surface area contributed by atoms with Gasteiger partial charge in [-0.15, -0.1) is 0 Å². The lowest BCUT2D eigenvalue weighted by Gasteiger charge is -2.23. The Morgan fingerprint density at radius 3 is 2.47 bits per heavy atom. The van der Waals surface area contributed by atoms with Crippen LogP contribution in [0.3, 0.4) is 0 Å². The average Bonchev–Trinajstić information content (AvgIpc) is 2.43. The third kappa shape index (κ3) is 3.12. The van der Waals surface area contributed by atoms with E-state index in [0.717, 1.165) is 0 Å². The molecule has 0 aromatic rings. The summed E-state index contributed by atoms with van der Waals surface area (Å²) in [5, 5.41) is 0. The molecule has 1 fully saturated rings. The first-order chi connectivity index (χ1) is 6.83. The molecule has 15 heavy (non-hydrogen) atoms. The molecule has 4 heteroatoms. The summed E-state index contributed by atoms with van der Waals surface area (Å²) in [7, 11) is 0. The zero-order valence-corrected chi connectivity index (χ0v) is 9.78. The Hall–Kier alpha value is -1.24. The number of carbonyl (C=O) groups excluding carboxylic acids is 1. The maximum atomic E-state index is 11.7. The van der Waals surface area contributed by atoms with Gasteiger partial charge in [-0.2, -0.15) is 0 Å². The number of hydrogen-bond donors (Lipinski definition) is 0. The lowest BCUT2D eigenvalue weighted by atomic mass is 10.1. The van der Waals surface area contributed by atoms with Gasteiger partial charge in [-0.05, 0) is 20.8 Å². The third-order valence-corrected chi connectivity index (χ3v) is 2.39. The minimum Gasteiger partial charge on any atom is -0.444 e. The molecule has 1 rings (SSSR count). The second-order valence-electron chi connectivity index (χ2n) is 5.06. The quantitative estimate of drug-likeness (QED) is 0.574. The van der Waals surface area contributed by atoms with Crippen LogP contribution < -0.4 is 0 Å². The lowest BCUT2D eigenvalue weighted by Crippen LogP contribution is -2.35. The number of ether oxygens (including phenoxy) is 1. The topological polar surface area (TPSA) is 33.9 Å². The Morgan fingerprint density at radius 1 is 1.47 bits per heavy atom. The van der Waals surface area contributed by atoms with Gasteiger partial charge in [-0.25, -0.2) is 11.4 Å². The smallest absolute Gasteiger partial charge is 0.410 e. The maximum absolute atomic E-state index is 11.7. The summed E-state index contributed by atoms with van der Waals surface area (Å²) in [4.78, 5) is 16.8. The number of rotatable bonds is 0. The van der Waals surface area contributed by atoms with Crippen molar-refractivity contribution >= 4 is 6.09 Å². The van der Waals surface area contributed by atoms with E-state index in [-0.39, 0.29) is 18.1 Å². The zero-order valence-electron chi connectivity index (χ0n) is 9.78. The van der Waals surface area contributed by atoms with Gasteiger partial charge in [0.15, 0.2) is 0 Å². The first-order valence-electron chi connectivity index (χ1n) is 5.18. The van der Waals surface area contributed by atoms with Crippen LogP contribution in [0.2, 0.25) is 0 Å². The van der Waals surface area contributed by atoms with Crippen molar-refractivity contribution in [3.05, 3.63) is 11.4 Å². The van der Waals surface area contributed by atoms with Gasteiger partial charge >= 0.3 is 6.09 Å². The largest absolute Gasteiger partial charge is 0.444 e. The standard InChI is InChI=1S/C11H18N2O2/c1-8-6-13(7-9(8)12-5)10(14)15-11(2,3)4/h8-9H,6-7H2,1-4H3. The van der Waals surface area contributed by atoms with E-state index in [1.807, 2.05) is 27.7 Å². The minimum atomic E-state index is -0.462. The van der Waals surface area contributed by atoms with E-state index >= 15 is 0 Å². The minimum absolute atomic E-state index is 0.0717. The molecule has 0 radical (unpaired) electrons. The molecule has 0 saturated carbocycles. The van der Waals surface area contributed by atoms with Crippen LogP contribution in [0.1, 0.15) is 27.7 Å². The molecule has 1 aliphatic heterocycles. The van der Waals surface area contributed by atoms with E-state index in [1.54, 1.807) is 4.90 Å². The fraction of sp³-hybridized carbons (Fsp3) is 0.818. The van der Waals surface area contributed by atoms with Gasteiger partial charge in [0.05, 0.1) is 12.5 Å². The molecule has 1 aliphatic rings. The Labute approximate surface area is 91.0 Å². The molecule has 0 bridgehead atoms. The molecule has 1 amide bonds. The molecule has 4 nitrogen and oxygen atoms in total. The third-order valence-electron chi connectivity index (χ3n) is 2.39. The Bertz CT molecular complexity index is 288. The van der Waals surface area contributed by atoms with E-state index in [0.29, 0.717) is 13.1 Å². The highest BCUT2D eigenvalue weighted by atomic mass is 16.6. The van der Waals surface area contributed by atoms with E-state index in [1.165, 1.54) is 0 Å². The van der Waals surface area contributed by atoms with Crippen LogP contribution in [0.25, 0.3) is 4.85 Å². The van der Waals surface area contributed by atoms with Gasteiger partial charge < -0.3 is 9.58 Å². The molecule has 0 aliphatic carbocycles. The average molecular weight is 210 g/mol. The fourth-order valence-corrected chi connectivity index (χ4v) is 1.59. The summed E-state index contributed by atoms with van der Waals surface area (Å²) in [6, 6.07) is -0.0717. The van der Waals surface area contributed by atoms with Crippen LogP contribution >= 0.6 is 0 Å². The van der Waals surface area contributed by atoms with Crippen molar-refractivity contribution in [2.75, 3.05) is 13.1 Å². The van der Waals surface area contributed by atoms with Crippen LogP contribution in [0.5, 0.6) is 0 Å². The number of hydrogen-bond acceptors (Lipinski definition) is 2. The van der Waals surface area contributed by atoms with Crippen molar-refractivity contribution in [3.63, 3.8) is 0 Å². The van der Waals surface area contributed by atoms with Crippen molar-refractivity contribution in [1.29, 1.82) is 0 Å². The first kappa shape index (κ1) is 11.8. The zero-order chi connectivity index (χ0) is 11.6. The molecule has 0 spiro atoms. The molecule has 84 valence electrons. The number of likely N-dealkylation sites (tertiary alicyclic amines) is 1. The number of carbonyl (C=O) groups is 1. The van der Waals surface area contributed by atoms with Crippen molar-refractivity contribution in [1.82, 2.24) is 4.90 Å². The Morgan fingerprint density at radius 2 is 2.07 bits per heavy atom. The van der Waals surface area contributed by atoms with Gasteiger partial charge in [-0.1, -0.05) is 6.92 Å². The highest BCUT2D eigenvalue weighted by Gasteiger charge is 2.38. The van der Waals surface area contributed by atoms with Crippen LogP contribution in [0.15, 0.2) is 0 Å². The summed E-state index contributed by atoms with van der Waals surface area (Å²) in [6.07, 6.45) is -0.305. The predicted molar refractivity (Wildman–Crippen MR) is 57.4 cm³/mol. The normalized spacial score (nSPS) is 26.2. The van der Waals surface area contributed by atoms with Gasteiger partial charge in [0, 0.05) is 6.54 Å². The van der Waals surface area contributed by atoms with Gasteiger partial charge in [0.25, 0.3) is 0 Å². The van der Waals surface area contributed by atoms with E-state index in [9.17, 15) is 4.79 Å². The molecule has 1 saturated heterocycles. The second-order valence-corrected chi connectivity index (χ2v) is 5.06. The second kappa shape index (κ2) is 4.09. The highest BCUT2D eigenvalue weighted by Crippen LogP contribution is 2.21. The molecule has 1 heterocycles. The van der Waals surface area contributed by atoms with Gasteiger partial charge in [0.2, 0.25) is 6.04 Å². The van der Waals surface area contributed by atoms with Crippen LogP contribution in [0.4, 0.5) is 4.79 Å². The number of nitrogens with zero attached hydrogens (tertiary/aromatic N) is 2. The van der Waals surface area contributed by atoms with Crippen LogP contribution in [-0.2, 0) is 4.74 Å². The molecule has 0 aromatic carbocycles. The monoisotopic (exact) mass is 210 g/mol. The van der Waals surface area contributed by atoms with Crippen molar-refractivity contribution in [2.24, 2.45) is 5.92 Å². The van der Waals surface area contributed by atoms with Crippen LogP contribution in [-0.4, -0.2) is 35.7 Å². The predicted octanol–water partition coefficient (Wildman–Crippen LogP) is 2.16. The highest BCUT2D eigenvalue weighted by molar-refractivity contribution is 5.68. The van der Waals surface area contributed by atoms with E-state index < -0.39 is 5.60 Å². The Balaban J connectivity index is 2.54. The van der Waals surface area contributed by atoms with Crippen LogP contribution in [0, 0.1) is 12.5 Å². The summed E-state index contributed by atoms with van der Waals surface area (Å²) in [5.41, 5.74) is -0.462. The summed E-state index contributed by atoms with van der Waals surface area (Å²) in [5.74, 6) is 0.245.